The van der Waals surface area contributed by atoms with E-state index >= 15 is 0 Å². The highest BCUT2D eigenvalue weighted by atomic mass is 16.6. The van der Waals surface area contributed by atoms with Crippen molar-refractivity contribution in [3.8, 4) is 17.0 Å². The van der Waals surface area contributed by atoms with E-state index in [0.29, 0.717) is 27.9 Å². The van der Waals surface area contributed by atoms with Crippen LogP contribution in [-0.4, -0.2) is 22.9 Å². The molecule has 0 atom stereocenters. The Kier molecular flexibility index (Phi) is 6.04. The molecule has 7 heteroatoms. The van der Waals surface area contributed by atoms with E-state index in [2.05, 4.69) is 24.4 Å². The van der Waals surface area contributed by atoms with Crippen molar-refractivity contribution in [3.63, 3.8) is 0 Å². The number of hydrogen-bond acceptors (Lipinski definition) is 5. The average Bonchev–Trinajstić information content (AvgIpc) is 2.83. The minimum Gasteiger partial charge on any atom is -0.495 e. The molecule has 0 saturated carbocycles. The Hall–Kier alpha value is -4.26. The van der Waals surface area contributed by atoms with E-state index in [1.54, 1.807) is 0 Å². The Morgan fingerprint density at radius 2 is 1.82 bits per heavy atom. The molecule has 166 valence electrons. The van der Waals surface area contributed by atoms with Crippen LogP contribution in [0, 0.1) is 17.0 Å². The number of nitro benzene ring substituents is 1. The number of hydrogen-bond donors (Lipinski definition) is 1. The molecule has 4 aromatic rings. The van der Waals surface area contributed by atoms with Crippen LogP contribution in [0.25, 0.3) is 22.2 Å². The fraction of sp³-hybridized carbons (Fsp3) is 0.154. The third-order valence-electron chi connectivity index (χ3n) is 5.64. The number of ether oxygens (including phenoxy) is 1. The molecule has 7 nitrogen and oxygen atoms in total. The van der Waals surface area contributed by atoms with Gasteiger partial charge in [0.1, 0.15) is 5.75 Å². The lowest BCUT2D eigenvalue weighted by Crippen LogP contribution is -2.16. The topological polar surface area (TPSA) is 94.4 Å². The van der Waals surface area contributed by atoms with Crippen molar-refractivity contribution in [2.75, 3.05) is 12.4 Å². The van der Waals surface area contributed by atoms with E-state index in [4.69, 9.17) is 9.72 Å². The number of rotatable bonds is 6. The van der Waals surface area contributed by atoms with Crippen LogP contribution in [0.3, 0.4) is 0 Å². The summed E-state index contributed by atoms with van der Waals surface area (Å²) in [5.74, 6) is -0.0586. The van der Waals surface area contributed by atoms with Gasteiger partial charge in [-0.05, 0) is 36.6 Å². The van der Waals surface area contributed by atoms with Gasteiger partial charge < -0.3 is 10.1 Å². The van der Waals surface area contributed by atoms with Gasteiger partial charge in [-0.25, -0.2) is 4.98 Å². The smallest absolute Gasteiger partial charge is 0.271 e. The average molecular weight is 441 g/mol. The van der Waals surface area contributed by atoms with Crippen LogP contribution in [-0.2, 0) is 6.42 Å². The van der Waals surface area contributed by atoms with E-state index in [-0.39, 0.29) is 11.4 Å². The maximum atomic E-state index is 13.5. The van der Waals surface area contributed by atoms with Crippen LogP contribution in [0.1, 0.15) is 28.4 Å². The zero-order valence-electron chi connectivity index (χ0n) is 18.6. The number of methoxy groups -OCH3 is 1. The van der Waals surface area contributed by atoms with E-state index < -0.39 is 10.8 Å². The van der Waals surface area contributed by atoms with Crippen LogP contribution in [0.2, 0.25) is 0 Å². The maximum absolute atomic E-state index is 13.5. The summed E-state index contributed by atoms with van der Waals surface area (Å²) in [7, 11) is 1.45. The first-order valence-electron chi connectivity index (χ1n) is 10.5. The molecule has 4 rings (SSSR count). The number of nitro groups is 1. The summed E-state index contributed by atoms with van der Waals surface area (Å²) in [6, 6.07) is 19.7. The van der Waals surface area contributed by atoms with Gasteiger partial charge in [0.25, 0.3) is 11.6 Å². The normalized spacial score (nSPS) is 10.8. The Labute approximate surface area is 191 Å². The highest BCUT2D eigenvalue weighted by molar-refractivity contribution is 6.15. The van der Waals surface area contributed by atoms with Crippen molar-refractivity contribution >= 4 is 28.2 Å². The Morgan fingerprint density at radius 3 is 2.48 bits per heavy atom. The number of nitrogens with zero attached hydrogens (tertiary/aromatic N) is 2. The summed E-state index contributed by atoms with van der Waals surface area (Å²) in [5, 5.41) is 14.7. The molecule has 1 heterocycles. The number of para-hydroxylation sites is 1. The van der Waals surface area contributed by atoms with Gasteiger partial charge in [-0.15, -0.1) is 0 Å². The standard InChI is InChI=1S/C26H23N3O4/c1-4-17-9-11-18(12-10-17)25-16(2)24(20-7-5-6-8-21(20)27-25)26(30)28-22-15-19(29(31)32)13-14-23(22)33-3/h5-15H,4H2,1-3H3,(H,28,30). The van der Waals surface area contributed by atoms with Crippen LogP contribution < -0.4 is 10.1 Å². The van der Waals surface area contributed by atoms with Crippen molar-refractivity contribution in [2.24, 2.45) is 0 Å². The molecule has 0 radical (unpaired) electrons. The second kappa shape index (κ2) is 9.08. The predicted molar refractivity (Wildman–Crippen MR) is 129 cm³/mol. The fourth-order valence-electron chi connectivity index (χ4n) is 3.87. The van der Waals surface area contributed by atoms with E-state index in [0.717, 1.165) is 17.5 Å². The van der Waals surface area contributed by atoms with Gasteiger partial charge in [0.2, 0.25) is 0 Å². The van der Waals surface area contributed by atoms with Crippen LogP contribution in [0.15, 0.2) is 66.7 Å². The number of benzene rings is 3. The molecule has 0 saturated heterocycles. The molecule has 0 aliphatic carbocycles. The maximum Gasteiger partial charge on any atom is 0.271 e. The second-order valence-electron chi connectivity index (χ2n) is 7.62. The molecule has 33 heavy (non-hydrogen) atoms. The van der Waals surface area contributed by atoms with Crippen LogP contribution >= 0.6 is 0 Å². The number of anilines is 1. The summed E-state index contributed by atoms with van der Waals surface area (Å²) in [4.78, 5) is 29.1. The first-order chi connectivity index (χ1) is 15.9. The molecule has 0 spiro atoms. The van der Waals surface area contributed by atoms with Crippen LogP contribution in [0.5, 0.6) is 5.75 Å². The quantitative estimate of drug-likeness (QED) is 0.295. The third kappa shape index (κ3) is 4.25. The molecular formula is C26H23N3O4. The van der Waals surface area contributed by atoms with Crippen molar-refractivity contribution < 1.29 is 14.5 Å². The minimum absolute atomic E-state index is 0.140. The number of non-ortho nitro benzene ring substituents is 1. The second-order valence-corrected chi connectivity index (χ2v) is 7.62. The minimum atomic E-state index is -0.514. The fourth-order valence-corrected chi connectivity index (χ4v) is 3.87. The number of pyridine rings is 1. The number of nitrogens with one attached hydrogen (secondary N) is 1. The van der Waals surface area contributed by atoms with Gasteiger partial charge in [-0.3, -0.25) is 14.9 Å². The Bertz CT molecular complexity index is 1360. The summed E-state index contributed by atoms with van der Waals surface area (Å²) < 4.78 is 5.30. The lowest BCUT2D eigenvalue weighted by atomic mass is 9.96. The summed E-state index contributed by atoms with van der Waals surface area (Å²) in [6.45, 7) is 3.96. The third-order valence-corrected chi connectivity index (χ3v) is 5.64. The number of amides is 1. The van der Waals surface area contributed by atoms with Crippen LogP contribution in [0.4, 0.5) is 11.4 Å². The number of aryl methyl sites for hydroxylation is 1. The number of fused-ring (bicyclic) bond motifs is 1. The molecule has 0 unspecified atom stereocenters. The van der Waals surface area contributed by atoms with E-state index in [9.17, 15) is 14.9 Å². The van der Waals surface area contributed by atoms with Gasteiger partial charge in [-0.2, -0.15) is 0 Å². The summed E-state index contributed by atoms with van der Waals surface area (Å²) in [6.07, 6.45) is 0.934. The van der Waals surface area contributed by atoms with Crippen molar-refractivity contribution in [3.05, 3.63) is 93.5 Å². The van der Waals surface area contributed by atoms with Gasteiger partial charge in [-0.1, -0.05) is 49.4 Å². The van der Waals surface area contributed by atoms with Crippen molar-refractivity contribution in [1.82, 2.24) is 4.98 Å². The zero-order valence-corrected chi connectivity index (χ0v) is 18.6. The van der Waals surface area contributed by atoms with Gasteiger partial charge >= 0.3 is 0 Å². The SMILES string of the molecule is CCc1ccc(-c2nc3ccccc3c(C(=O)Nc3cc([N+](=O)[O-])ccc3OC)c2C)cc1. The highest BCUT2D eigenvalue weighted by Gasteiger charge is 2.21. The molecule has 1 amide bonds. The first-order valence-corrected chi connectivity index (χ1v) is 10.5. The molecule has 0 aliphatic heterocycles. The molecule has 1 aromatic heterocycles. The number of carbonyl (C=O) groups is 1. The van der Waals surface area contributed by atoms with Crippen molar-refractivity contribution in [1.29, 1.82) is 0 Å². The Balaban J connectivity index is 1.85. The van der Waals surface area contributed by atoms with Crippen molar-refractivity contribution in [2.45, 2.75) is 20.3 Å². The molecule has 3 aromatic carbocycles. The highest BCUT2D eigenvalue weighted by Crippen LogP contribution is 2.33. The summed E-state index contributed by atoms with van der Waals surface area (Å²) >= 11 is 0. The molecule has 0 bridgehead atoms. The molecule has 1 N–H and O–H groups in total. The van der Waals surface area contributed by atoms with Gasteiger partial charge in [0, 0.05) is 23.1 Å². The lowest BCUT2D eigenvalue weighted by Gasteiger charge is -2.16. The molecule has 0 fully saturated rings. The molecule has 0 aliphatic rings. The zero-order chi connectivity index (χ0) is 23.5. The molecular weight excluding hydrogens is 418 g/mol. The number of aromatic nitrogens is 1. The monoisotopic (exact) mass is 441 g/mol. The van der Waals surface area contributed by atoms with E-state index in [1.165, 1.54) is 30.9 Å². The lowest BCUT2D eigenvalue weighted by molar-refractivity contribution is -0.384. The number of carbonyl (C=O) groups excluding carboxylic acids is 1. The Morgan fingerprint density at radius 1 is 1.09 bits per heavy atom. The largest absolute Gasteiger partial charge is 0.495 e. The summed E-state index contributed by atoms with van der Waals surface area (Å²) in [5.41, 5.74) is 4.81. The first kappa shape index (κ1) is 22.0. The van der Waals surface area contributed by atoms with Gasteiger partial charge in [0.15, 0.2) is 0 Å². The van der Waals surface area contributed by atoms with Gasteiger partial charge in [0.05, 0.1) is 34.5 Å². The predicted octanol–water partition coefficient (Wildman–Crippen LogP) is 5.94. The van der Waals surface area contributed by atoms with E-state index in [1.807, 2.05) is 43.3 Å².